The first-order valence-corrected chi connectivity index (χ1v) is 5.57. The molecule has 0 aliphatic heterocycles. The van der Waals surface area contributed by atoms with Gasteiger partial charge in [-0.05, 0) is 0 Å². The lowest BCUT2D eigenvalue weighted by Gasteiger charge is -2.16. The van der Waals surface area contributed by atoms with Gasteiger partial charge >= 0.3 is 0 Å². The van der Waals surface area contributed by atoms with E-state index in [4.69, 9.17) is 27.4 Å². The molecule has 5 nitrogen and oxygen atoms in total. The van der Waals surface area contributed by atoms with Gasteiger partial charge in [0.25, 0.3) is 0 Å². The van der Waals surface area contributed by atoms with E-state index in [1.807, 2.05) is 0 Å². The highest BCUT2D eigenvalue weighted by molar-refractivity contribution is 7.80. The van der Waals surface area contributed by atoms with Gasteiger partial charge in [-0.25, -0.2) is 0 Å². The predicted octanol–water partition coefficient (Wildman–Crippen LogP) is 0.174. The second-order valence-electron chi connectivity index (χ2n) is 3.39. The van der Waals surface area contributed by atoms with Crippen molar-refractivity contribution >= 4 is 23.1 Å². The van der Waals surface area contributed by atoms with E-state index in [2.05, 4.69) is 0 Å². The molecule has 2 N–H and O–H groups in total. The molecule has 0 aromatic heterocycles. The number of rotatable bonds is 9. The molecule has 0 fully saturated rings. The molecular formula is C10H20N2O3S. The quantitative estimate of drug-likeness (QED) is 0.465. The maximum absolute atomic E-state index is 11.5. The summed E-state index contributed by atoms with van der Waals surface area (Å²) >= 11 is 4.74. The Labute approximate surface area is 102 Å². The van der Waals surface area contributed by atoms with Crippen molar-refractivity contribution in [3.05, 3.63) is 0 Å². The Kier molecular flexibility index (Phi) is 9.07. The minimum atomic E-state index is 0.0358. The largest absolute Gasteiger partial charge is 0.393 e. The summed E-state index contributed by atoms with van der Waals surface area (Å²) in [6.45, 7) is 2.04. The van der Waals surface area contributed by atoms with Crippen LogP contribution < -0.4 is 5.73 Å². The van der Waals surface area contributed by atoms with Gasteiger partial charge < -0.3 is 20.1 Å². The highest BCUT2D eigenvalue weighted by Crippen LogP contribution is 1.94. The van der Waals surface area contributed by atoms with E-state index in [9.17, 15) is 4.79 Å². The zero-order valence-corrected chi connectivity index (χ0v) is 10.7. The molecule has 1 amide bonds. The molecule has 0 unspecified atom stereocenters. The van der Waals surface area contributed by atoms with Crippen LogP contribution in [0.4, 0.5) is 0 Å². The Hall–Kier alpha value is -0.720. The van der Waals surface area contributed by atoms with Crippen LogP contribution in [0.25, 0.3) is 0 Å². The third-order valence-electron chi connectivity index (χ3n) is 2.01. The number of ether oxygens (including phenoxy) is 2. The summed E-state index contributed by atoms with van der Waals surface area (Å²) in [6, 6.07) is 0. The number of nitrogens with two attached hydrogens (primary N) is 1. The summed E-state index contributed by atoms with van der Waals surface area (Å²) < 4.78 is 10.0. The standard InChI is InChI=1S/C10H20N2O3S/c1-12(5-3-9(11)16)10(13)4-6-15-8-7-14-2/h3-8H2,1-2H3,(H2,11,16). The highest BCUT2D eigenvalue weighted by Gasteiger charge is 2.08. The lowest BCUT2D eigenvalue weighted by molar-refractivity contribution is -0.131. The lowest BCUT2D eigenvalue weighted by Crippen LogP contribution is -2.30. The molecule has 0 radical (unpaired) electrons. The molecule has 6 heteroatoms. The molecule has 0 aromatic rings. The van der Waals surface area contributed by atoms with Gasteiger partial charge in [0.2, 0.25) is 5.91 Å². The fourth-order valence-corrected chi connectivity index (χ4v) is 1.09. The van der Waals surface area contributed by atoms with Gasteiger partial charge in [-0.15, -0.1) is 0 Å². The summed E-state index contributed by atoms with van der Waals surface area (Å²) in [5.41, 5.74) is 5.35. The van der Waals surface area contributed by atoms with Crippen molar-refractivity contribution < 1.29 is 14.3 Å². The van der Waals surface area contributed by atoms with Crippen LogP contribution in [0.5, 0.6) is 0 Å². The zero-order chi connectivity index (χ0) is 12.4. The first kappa shape index (κ1) is 15.3. The number of hydrogen-bond acceptors (Lipinski definition) is 4. The number of thiocarbonyl (C=S) groups is 1. The second-order valence-corrected chi connectivity index (χ2v) is 3.91. The van der Waals surface area contributed by atoms with Crippen molar-refractivity contribution in [2.24, 2.45) is 5.73 Å². The Morgan fingerprint density at radius 2 is 2.00 bits per heavy atom. The molecule has 0 atom stereocenters. The first-order valence-electron chi connectivity index (χ1n) is 5.17. The fourth-order valence-electron chi connectivity index (χ4n) is 0.997. The maximum atomic E-state index is 11.5. The molecule has 0 aliphatic carbocycles. The Morgan fingerprint density at radius 1 is 1.31 bits per heavy atom. The van der Waals surface area contributed by atoms with E-state index in [1.54, 1.807) is 19.1 Å². The van der Waals surface area contributed by atoms with Crippen molar-refractivity contribution in [3.8, 4) is 0 Å². The summed E-state index contributed by atoms with van der Waals surface area (Å²) in [4.78, 5) is 13.6. The number of nitrogens with zero attached hydrogens (tertiary/aromatic N) is 1. The molecule has 0 spiro atoms. The lowest BCUT2D eigenvalue weighted by atomic mass is 10.3. The summed E-state index contributed by atoms with van der Waals surface area (Å²) in [6.07, 6.45) is 0.930. The van der Waals surface area contributed by atoms with Gasteiger partial charge in [0, 0.05) is 27.1 Å². The summed E-state index contributed by atoms with van der Waals surface area (Å²) in [7, 11) is 3.34. The van der Waals surface area contributed by atoms with Crippen LogP contribution in [0.2, 0.25) is 0 Å². The van der Waals surface area contributed by atoms with Crippen LogP contribution in [0, 0.1) is 0 Å². The van der Waals surface area contributed by atoms with E-state index >= 15 is 0 Å². The molecule has 0 saturated carbocycles. The maximum Gasteiger partial charge on any atom is 0.224 e. The number of carbonyl (C=O) groups excluding carboxylic acids is 1. The van der Waals surface area contributed by atoms with Gasteiger partial charge in [-0.3, -0.25) is 4.79 Å². The molecule has 0 rings (SSSR count). The van der Waals surface area contributed by atoms with Crippen LogP contribution in [-0.4, -0.2) is 56.3 Å². The minimum Gasteiger partial charge on any atom is -0.393 e. The van der Waals surface area contributed by atoms with Gasteiger partial charge in [0.15, 0.2) is 0 Å². The SMILES string of the molecule is COCCOCCC(=O)N(C)CCC(N)=S. The Balaban J connectivity index is 3.51. The van der Waals surface area contributed by atoms with E-state index in [0.29, 0.717) is 44.2 Å². The van der Waals surface area contributed by atoms with Crippen LogP contribution in [0.3, 0.4) is 0 Å². The molecule has 0 heterocycles. The molecule has 0 saturated heterocycles. The van der Waals surface area contributed by atoms with Crippen LogP contribution in [0.1, 0.15) is 12.8 Å². The van der Waals surface area contributed by atoms with Crippen molar-refractivity contribution in [2.45, 2.75) is 12.8 Å². The number of methoxy groups -OCH3 is 1. The van der Waals surface area contributed by atoms with E-state index in [-0.39, 0.29) is 5.91 Å². The topological polar surface area (TPSA) is 64.8 Å². The number of amides is 1. The van der Waals surface area contributed by atoms with Crippen LogP contribution in [0.15, 0.2) is 0 Å². The Bertz CT molecular complexity index is 224. The van der Waals surface area contributed by atoms with E-state index in [1.165, 1.54) is 0 Å². The minimum absolute atomic E-state index is 0.0358. The average molecular weight is 248 g/mol. The van der Waals surface area contributed by atoms with Crippen molar-refractivity contribution in [2.75, 3.05) is 40.5 Å². The summed E-state index contributed by atoms with van der Waals surface area (Å²) in [5.74, 6) is 0.0358. The monoisotopic (exact) mass is 248 g/mol. The number of hydrogen-bond donors (Lipinski definition) is 1. The highest BCUT2D eigenvalue weighted by atomic mass is 32.1. The van der Waals surface area contributed by atoms with E-state index < -0.39 is 0 Å². The third kappa shape index (κ3) is 8.58. The third-order valence-corrected chi connectivity index (χ3v) is 2.22. The molecule has 94 valence electrons. The molecule has 0 aromatic carbocycles. The molecule has 16 heavy (non-hydrogen) atoms. The first-order chi connectivity index (χ1) is 7.57. The average Bonchev–Trinajstić information content (AvgIpc) is 2.25. The predicted molar refractivity (Wildman–Crippen MR) is 66.4 cm³/mol. The van der Waals surface area contributed by atoms with Crippen LogP contribution >= 0.6 is 12.2 Å². The normalized spacial score (nSPS) is 10.1. The number of carbonyl (C=O) groups is 1. The van der Waals surface area contributed by atoms with E-state index in [0.717, 1.165) is 0 Å². The Morgan fingerprint density at radius 3 is 2.56 bits per heavy atom. The van der Waals surface area contributed by atoms with Crippen LogP contribution in [-0.2, 0) is 14.3 Å². The molecule has 0 bridgehead atoms. The van der Waals surface area contributed by atoms with Crippen molar-refractivity contribution in [1.29, 1.82) is 0 Å². The molecule has 0 aliphatic rings. The fraction of sp³-hybridized carbons (Fsp3) is 0.800. The second kappa shape index (κ2) is 9.50. The van der Waals surface area contributed by atoms with Gasteiger partial charge in [-0.1, -0.05) is 12.2 Å². The smallest absolute Gasteiger partial charge is 0.224 e. The van der Waals surface area contributed by atoms with Crippen molar-refractivity contribution in [3.63, 3.8) is 0 Å². The van der Waals surface area contributed by atoms with Gasteiger partial charge in [0.1, 0.15) is 0 Å². The zero-order valence-electron chi connectivity index (χ0n) is 9.90. The molecular weight excluding hydrogens is 228 g/mol. The van der Waals surface area contributed by atoms with Gasteiger partial charge in [-0.2, -0.15) is 0 Å². The summed E-state index contributed by atoms with van der Waals surface area (Å²) in [5, 5.41) is 0. The van der Waals surface area contributed by atoms with Crippen molar-refractivity contribution in [1.82, 2.24) is 4.90 Å². The van der Waals surface area contributed by atoms with Gasteiger partial charge in [0.05, 0.1) is 31.2 Å².